The molecule has 0 atom stereocenters. The maximum atomic E-state index is 13.0. The van der Waals surface area contributed by atoms with Gasteiger partial charge in [0, 0.05) is 19.8 Å². The maximum absolute atomic E-state index is 13.0. The molecule has 0 saturated heterocycles. The largest absolute Gasteiger partial charge is 0.338 e. The number of rotatable bonds is 7. The Morgan fingerprint density at radius 2 is 2.12 bits per heavy atom. The van der Waals surface area contributed by atoms with E-state index in [9.17, 15) is 23.7 Å². The number of alkyl halides is 2. The van der Waals surface area contributed by atoms with Gasteiger partial charge in [-0.25, -0.2) is 8.78 Å². The van der Waals surface area contributed by atoms with Gasteiger partial charge in [-0.05, 0) is 29.8 Å². The van der Waals surface area contributed by atoms with Gasteiger partial charge in [-0.2, -0.15) is 10.2 Å². The minimum atomic E-state index is -3.10. The molecule has 2 aromatic rings. The van der Waals surface area contributed by atoms with Crippen molar-refractivity contribution < 1.29 is 18.5 Å². The number of aryl methyl sites for hydroxylation is 1. The molecule has 0 spiro atoms. The number of aromatic nitrogens is 4. The summed E-state index contributed by atoms with van der Waals surface area (Å²) >= 11 is 3.36. The summed E-state index contributed by atoms with van der Waals surface area (Å²) in [6.07, 6.45) is -1.32. The fraction of sp³-hybridized carbons (Fsp3) is 0.500. The van der Waals surface area contributed by atoms with Crippen molar-refractivity contribution in [3.05, 3.63) is 37.9 Å². The van der Waals surface area contributed by atoms with Gasteiger partial charge in [-0.15, -0.1) is 0 Å². The van der Waals surface area contributed by atoms with Crippen LogP contribution in [0, 0.1) is 17.0 Å². The minimum absolute atomic E-state index is 0.0940. The standard InChI is InChI=1S/C14H17BrF2N6O3/c1-4-21-5-9(15)10(18-21)6-20(3)11(24)7-22-8(2)13(23(25)26)12(19-22)14(16)17/h5,14H,4,6-7H2,1-3H3. The number of likely N-dealkylation sites (N-methyl/N-ethyl adjacent to an activating group) is 1. The summed E-state index contributed by atoms with van der Waals surface area (Å²) in [7, 11) is 1.53. The lowest BCUT2D eigenvalue weighted by atomic mass is 10.3. The van der Waals surface area contributed by atoms with E-state index in [1.54, 1.807) is 10.9 Å². The van der Waals surface area contributed by atoms with Crippen molar-refractivity contribution in [2.24, 2.45) is 0 Å². The molecule has 0 N–H and O–H groups in total. The Labute approximate surface area is 155 Å². The van der Waals surface area contributed by atoms with E-state index in [4.69, 9.17) is 0 Å². The normalized spacial score (nSPS) is 11.2. The predicted octanol–water partition coefficient (Wildman–Crippen LogP) is 2.67. The van der Waals surface area contributed by atoms with E-state index >= 15 is 0 Å². The van der Waals surface area contributed by atoms with Gasteiger partial charge >= 0.3 is 5.69 Å². The van der Waals surface area contributed by atoms with Gasteiger partial charge in [0.25, 0.3) is 6.43 Å². The number of amides is 1. The highest BCUT2D eigenvalue weighted by atomic mass is 79.9. The molecule has 0 bridgehead atoms. The molecule has 1 amide bonds. The molecule has 0 aliphatic rings. The Bertz CT molecular complexity index is 835. The highest BCUT2D eigenvalue weighted by Crippen LogP contribution is 2.30. The Morgan fingerprint density at radius 1 is 1.46 bits per heavy atom. The third-order valence-corrected chi connectivity index (χ3v) is 4.46. The number of carbonyl (C=O) groups is 1. The molecule has 9 nitrogen and oxygen atoms in total. The topological polar surface area (TPSA) is 99.1 Å². The second-order valence-corrected chi connectivity index (χ2v) is 6.42. The highest BCUT2D eigenvalue weighted by molar-refractivity contribution is 9.10. The van der Waals surface area contributed by atoms with Crippen molar-refractivity contribution in [2.45, 2.75) is 39.9 Å². The zero-order valence-corrected chi connectivity index (χ0v) is 15.9. The molecule has 142 valence electrons. The number of hydrogen-bond donors (Lipinski definition) is 0. The van der Waals surface area contributed by atoms with Crippen LogP contribution in [0.5, 0.6) is 0 Å². The molecule has 12 heteroatoms. The van der Waals surface area contributed by atoms with Crippen molar-refractivity contribution in [2.75, 3.05) is 7.05 Å². The van der Waals surface area contributed by atoms with E-state index in [1.807, 2.05) is 6.92 Å². The van der Waals surface area contributed by atoms with Gasteiger partial charge in [0.2, 0.25) is 11.6 Å². The van der Waals surface area contributed by atoms with Gasteiger partial charge in [-0.1, -0.05) is 0 Å². The summed E-state index contributed by atoms with van der Waals surface area (Å²) in [5.41, 5.74) is -1.16. The van der Waals surface area contributed by atoms with E-state index in [1.165, 1.54) is 18.9 Å². The SMILES string of the molecule is CCn1cc(Br)c(CN(C)C(=O)Cn2nc(C(F)F)c([N+](=O)[O-])c2C)n1. The fourth-order valence-corrected chi connectivity index (χ4v) is 2.80. The number of carbonyl (C=O) groups excluding carboxylic acids is 1. The van der Waals surface area contributed by atoms with Crippen LogP contribution in [0.4, 0.5) is 14.5 Å². The van der Waals surface area contributed by atoms with Crippen molar-refractivity contribution >= 4 is 27.5 Å². The zero-order valence-electron chi connectivity index (χ0n) is 14.3. The van der Waals surface area contributed by atoms with Crippen LogP contribution in [0.3, 0.4) is 0 Å². The summed E-state index contributed by atoms with van der Waals surface area (Å²) in [4.78, 5) is 23.8. The van der Waals surface area contributed by atoms with Gasteiger partial charge < -0.3 is 4.90 Å². The van der Waals surface area contributed by atoms with E-state index in [0.717, 1.165) is 9.15 Å². The highest BCUT2D eigenvalue weighted by Gasteiger charge is 2.31. The van der Waals surface area contributed by atoms with Crippen molar-refractivity contribution in [1.29, 1.82) is 0 Å². The van der Waals surface area contributed by atoms with Crippen LogP contribution in [-0.2, 0) is 24.4 Å². The molecule has 0 saturated carbocycles. The third kappa shape index (κ3) is 4.06. The number of nitrogens with zero attached hydrogens (tertiary/aromatic N) is 6. The third-order valence-electron chi connectivity index (χ3n) is 3.80. The lowest BCUT2D eigenvalue weighted by molar-refractivity contribution is -0.386. The average molecular weight is 435 g/mol. The first-order valence-corrected chi connectivity index (χ1v) is 8.40. The van der Waals surface area contributed by atoms with Crippen molar-refractivity contribution in [3.8, 4) is 0 Å². The number of halogens is 3. The molecular formula is C14H17BrF2N6O3. The minimum Gasteiger partial charge on any atom is -0.338 e. The predicted molar refractivity (Wildman–Crippen MR) is 90.7 cm³/mol. The molecule has 0 aromatic carbocycles. The van der Waals surface area contributed by atoms with Gasteiger partial charge in [0.05, 0.1) is 21.6 Å². The van der Waals surface area contributed by atoms with Crippen molar-refractivity contribution in [1.82, 2.24) is 24.5 Å². The van der Waals surface area contributed by atoms with Crippen LogP contribution in [-0.4, -0.2) is 42.3 Å². The van der Waals surface area contributed by atoms with Crippen LogP contribution in [0.15, 0.2) is 10.7 Å². The Hall–Kier alpha value is -2.37. The summed E-state index contributed by atoms with van der Waals surface area (Å²) < 4.78 is 29.3. The fourth-order valence-electron chi connectivity index (χ4n) is 2.35. The molecule has 2 heterocycles. The summed E-state index contributed by atoms with van der Waals surface area (Å²) in [5.74, 6) is -0.440. The van der Waals surface area contributed by atoms with E-state index in [2.05, 4.69) is 26.1 Å². The Kier molecular flexibility index (Phi) is 6.05. The molecule has 0 aliphatic carbocycles. The first-order chi connectivity index (χ1) is 12.1. The van der Waals surface area contributed by atoms with Crippen LogP contribution in [0.25, 0.3) is 0 Å². The van der Waals surface area contributed by atoms with E-state index in [0.29, 0.717) is 12.2 Å². The lowest BCUT2D eigenvalue weighted by Crippen LogP contribution is -2.30. The quantitative estimate of drug-likeness (QED) is 0.492. The van der Waals surface area contributed by atoms with Gasteiger partial charge in [-0.3, -0.25) is 24.3 Å². The molecule has 0 aliphatic heterocycles. The smallest absolute Gasteiger partial charge is 0.319 e. The molecule has 0 radical (unpaired) electrons. The van der Waals surface area contributed by atoms with Crippen LogP contribution in [0.2, 0.25) is 0 Å². The molecule has 0 unspecified atom stereocenters. The van der Waals surface area contributed by atoms with Gasteiger partial charge in [0.1, 0.15) is 12.2 Å². The second-order valence-electron chi connectivity index (χ2n) is 5.56. The van der Waals surface area contributed by atoms with Crippen molar-refractivity contribution in [3.63, 3.8) is 0 Å². The molecular weight excluding hydrogens is 418 g/mol. The first kappa shape index (κ1) is 19.9. The molecule has 2 aromatic heterocycles. The van der Waals surface area contributed by atoms with Gasteiger partial charge in [0.15, 0.2) is 0 Å². The Morgan fingerprint density at radius 3 is 2.58 bits per heavy atom. The maximum Gasteiger partial charge on any atom is 0.319 e. The second kappa shape index (κ2) is 7.89. The molecule has 0 fully saturated rings. The monoisotopic (exact) mass is 434 g/mol. The lowest BCUT2D eigenvalue weighted by Gasteiger charge is -2.16. The van der Waals surface area contributed by atoms with E-state index < -0.39 is 28.6 Å². The molecule has 26 heavy (non-hydrogen) atoms. The summed E-state index contributed by atoms with van der Waals surface area (Å²) in [6.45, 7) is 3.68. The van der Waals surface area contributed by atoms with E-state index in [-0.39, 0.29) is 18.8 Å². The average Bonchev–Trinajstić information content (AvgIpc) is 3.08. The van der Waals surface area contributed by atoms with Crippen LogP contribution < -0.4 is 0 Å². The number of nitro groups is 1. The van der Waals surface area contributed by atoms with Crippen LogP contribution in [0.1, 0.15) is 30.4 Å². The molecule has 2 rings (SSSR count). The first-order valence-electron chi connectivity index (χ1n) is 7.61. The summed E-state index contributed by atoms with van der Waals surface area (Å²) in [5, 5.41) is 18.8. The summed E-state index contributed by atoms with van der Waals surface area (Å²) in [6, 6.07) is 0. The van der Waals surface area contributed by atoms with Crippen LogP contribution >= 0.6 is 15.9 Å². The number of hydrogen-bond acceptors (Lipinski definition) is 5. The Balaban J connectivity index is 2.17. The zero-order chi connectivity index (χ0) is 19.6.